The summed E-state index contributed by atoms with van der Waals surface area (Å²) in [6, 6.07) is -0.357. The molecule has 0 aliphatic carbocycles. The number of nitrogens with zero attached hydrogens (tertiary/aromatic N) is 1. The SMILES string of the molecule is CSC(C)CCN1CCC(=O)NC(C(C)C)C1=O. The second-order valence-electron chi connectivity index (χ2n) is 5.20. The number of thioether (sulfide) groups is 1. The third-order valence-electron chi connectivity index (χ3n) is 3.38. The molecular weight excluding hydrogens is 248 g/mol. The van der Waals surface area contributed by atoms with Crippen molar-refractivity contribution in [3.05, 3.63) is 0 Å². The number of carbonyl (C=O) groups excluding carboxylic acids is 2. The molecule has 0 spiro atoms. The average molecular weight is 272 g/mol. The second kappa shape index (κ2) is 7.02. The van der Waals surface area contributed by atoms with Crippen LogP contribution in [0.3, 0.4) is 0 Å². The van der Waals surface area contributed by atoms with Gasteiger partial charge in [0.05, 0.1) is 0 Å². The summed E-state index contributed by atoms with van der Waals surface area (Å²) in [5.41, 5.74) is 0. The van der Waals surface area contributed by atoms with Gasteiger partial charge in [-0.1, -0.05) is 20.8 Å². The Morgan fingerprint density at radius 3 is 2.61 bits per heavy atom. The van der Waals surface area contributed by atoms with Crippen LogP contribution in [0.4, 0.5) is 0 Å². The highest BCUT2D eigenvalue weighted by atomic mass is 32.2. The molecule has 0 radical (unpaired) electrons. The summed E-state index contributed by atoms with van der Waals surface area (Å²) in [7, 11) is 0. The molecule has 1 heterocycles. The maximum atomic E-state index is 12.3. The first kappa shape index (κ1) is 15.3. The molecule has 1 N–H and O–H groups in total. The van der Waals surface area contributed by atoms with Gasteiger partial charge >= 0.3 is 0 Å². The molecule has 2 unspecified atom stereocenters. The van der Waals surface area contributed by atoms with Gasteiger partial charge in [0.2, 0.25) is 11.8 Å². The Labute approximate surface area is 114 Å². The fourth-order valence-electron chi connectivity index (χ4n) is 1.98. The molecule has 0 aromatic rings. The molecule has 1 aliphatic heterocycles. The summed E-state index contributed by atoms with van der Waals surface area (Å²) in [6.07, 6.45) is 3.48. The first-order chi connectivity index (χ1) is 8.45. The molecule has 0 aromatic heterocycles. The Balaban J connectivity index is 2.65. The molecule has 0 aromatic carbocycles. The van der Waals surface area contributed by atoms with E-state index in [4.69, 9.17) is 0 Å². The van der Waals surface area contributed by atoms with Gasteiger partial charge in [0.1, 0.15) is 6.04 Å². The Morgan fingerprint density at radius 2 is 2.06 bits per heavy atom. The second-order valence-corrected chi connectivity index (χ2v) is 6.48. The number of hydrogen-bond acceptors (Lipinski definition) is 3. The number of hydrogen-bond donors (Lipinski definition) is 1. The van der Waals surface area contributed by atoms with Crippen LogP contribution >= 0.6 is 11.8 Å². The highest BCUT2D eigenvalue weighted by Gasteiger charge is 2.31. The molecule has 4 nitrogen and oxygen atoms in total. The van der Waals surface area contributed by atoms with Gasteiger partial charge in [-0.05, 0) is 18.6 Å². The summed E-state index contributed by atoms with van der Waals surface area (Å²) < 4.78 is 0. The fourth-order valence-corrected chi connectivity index (χ4v) is 2.32. The largest absolute Gasteiger partial charge is 0.344 e. The van der Waals surface area contributed by atoms with Crippen molar-refractivity contribution >= 4 is 23.6 Å². The van der Waals surface area contributed by atoms with Crippen LogP contribution in [0.15, 0.2) is 0 Å². The van der Waals surface area contributed by atoms with Gasteiger partial charge in [-0.15, -0.1) is 0 Å². The van der Waals surface area contributed by atoms with E-state index in [9.17, 15) is 9.59 Å². The van der Waals surface area contributed by atoms with Crippen LogP contribution in [0.1, 0.15) is 33.6 Å². The topological polar surface area (TPSA) is 49.4 Å². The smallest absolute Gasteiger partial charge is 0.245 e. The molecule has 5 heteroatoms. The van der Waals surface area contributed by atoms with E-state index in [2.05, 4.69) is 18.5 Å². The zero-order chi connectivity index (χ0) is 13.7. The van der Waals surface area contributed by atoms with Crippen molar-refractivity contribution in [3.63, 3.8) is 0 Å². The highest BCUT2D eigenvalue weighted by Crippen LogP contribution is 2.14. The average Bonchev–Trinajstić information content (AvgIpc) is 2.47. The summed E-state index contributed by atoms with van der Waals surface area (Å²) in [5, 5.41) is 3.37. The monoisotopic (exact) mass is 272 g/mol. The minimum absolute atomic E-state index is 0.0116. The molecule has 1 fully saturated rings. The molecule has 2 amide bonds. The zero-order valence-corrected chi connectivity index (χ0v) is 12.5. The quantitative estimate of drug-likeness (QED) is 0.825. The first-order valence-electron chi connectivity index (χ1n) is 6.56. The van der Waals surface area contributed by atoms with Crippen LogP contribution in [-0.4, -0.2) is 47.4 Å². The predicted octanol–water partition coefficient (Wildman–Crippen LogP) is 1.50. The van der Waals surface area contributed by atoms with E-state index in [1.165, 1.54) is 0 Å². The number of rotatable bonds is 5. The van der Waals surface area contributed by atoms with Crippen molar-refractivity contribution in [3.8, 4) is 0 Å². The molecule has 2 atom stereocenters. The minimum Gasteiger partial charge on any atom is -0.344 e. The van der Waals surface area contributed by atoms with Crippen molar-refractivity contribution in [1.29, 1.82) is 0 Å². The van der Waals surface area contributed by atoms with E-state index in [1.54, 1.807) is 11.8 Å². The van der Waals surface area contributed by atoms with Crippen molar-refractivity contribution in [2.24, 2.45) is 5.92 Å². The Bertz CT molecular complexity index is 307. The predicted molar refractivity (Wildman–Crippen MR) is 75.6 cm³/mol. The van der Waals surface area contributed by atoms with E-state index >= 15 is 0 Å². The number of carbonyl (C=O) groups is 2. The molecular formula is C13H24N2O2S. The standard InChI is InChI=1S/C13H24N2O2S/c1-9(2)12-13(17)15(7-5-10(3)18-4)8-6-11(16)14-12/h9-10,12H,5-8H2,1-4H3,(H,14,16). The van der Waals surface area contributed by atoms with Crippen LogP contribution in [0.2, 0.25) is 0 Å². The van der Waals surface area contributed by atoms with E-state index in [0.717, 1.165) is 13.0 Å². The van der Waals surface area contributed by atoms with Gasteiger partial charge in [-0.2, -0.15) is 11.8 Å². The van der Waals surface area contributed by atoms with E-state index in [-0.39, 0.29) is 23.8 Å². The molecule has 18 heavy (non-hydrogen) atoms. The van der Waals surface area contributed by atoms with Crippen LogP contribution in [0.5, 0.6) is 0 Å². The van der Waals surface area contributed by atoms with Crippen molar-refractivity contribution in [2.45, 2.75) is 44.9 Å². The van der Waals surface area contributed by atoms with Gasteiger partial charge in [-0.25, -0.2) is 0 Å². The van der Waals surface area contributed by atoms with Crippen LogP contribution in [0, 0.1) is 5.92 Å². The van der Waals surface area contributed by atoms with Gasteiger partial charge < -0.3 is 10.2 Å². The van der Waals surface area contributed by atoms with Crippen LogP contribution < -0.4 is 5.32 Å². The number of amides is 2. The summed E-state index contributed by atoms with van der Waals surface area (Å²) in [6.45, 7) is 7.40. The molecule has 1 saturated heterocycles. The zero-order valence-electron chi connectivity index (χ0n) is 11.7. The van der Waals surface area contributed by atoms with Gasteiger partial charge in [0, 0.05) is 24.8 Å². The summed E-state index contributed by atoms with van der Waals surface area (Å²) in [5.74, 6) is 0.201. The van der Waals surface area contributed by atoms with Crippen LogP contribution in [-0.2, 0) is 9.59 Å². The van der Waals surface area contributed by atoms with Crippen molar-refractivity contribution in [1.82, 2.24) is 10.2 Å². The molecule has 1 aliphatic rings. The Morgan fingerprint density at radius 1 is 1.39 bits per heavy atom. The Hall–Kier alpha value is -0.710. The van der Waals surface area contributed by atoms with E-state index in [1.807, 2.05) is 18.7 Å². The lowest BCUT2D eigenvalue weighted by Crippen LogP contribution is -2.48. The van der Waals surface area contributed by atoms with Crippen LogP contribution in [0.25, 0.3) is 0 Å². The third-order valence-corrected chi connectivity index (χ3v) is 4.42. The lowest BCUT2D eigenvalue weighted by atomic mass is 10.0. The van der Waals surface area contributed by atoms with E-state index in [0.29, 0.717) is 18.2 Å². The first-order valence-corrected chi connectivity index (χ1v) is 7.85. The molecule has 1 rings (SSSR count). The van der Waals surface area contributed by atoms with Crippen molar-refractivity contribution < 1.29 is 9.59 Å². The lowest BCUT2D eigenvalue weighted by molar-refractivity contribution is -0.134. The normalized spacial score (nSPS) is 22.9. The molecule has 104 valence electrons. The van der Waals surface area contributed by atoms with Gasteiger partial charge in [0.15, 0.2) is 0 Å². The number of nitrogens with one attached hydrogen (secondary N) is 1. The third kappa shape index (κ3) is 4.19. The lowest BCUT2D eigenvalue weighted by Gasteiger charge is -2.26. The summed E-state index contributed by atoms with van der Waals surface area (Å²) >= 11 is 1.81. The Kier molecular flexibility index (Phi) is 5.99. The molecule has 0 saturated carbocycles. The maximum Gasteiger partial charge on any atom is 0.245 e. The van der Waals surface area contributed by atoms with Gasteiger partial charge in [-0.3, -0.25) is 9.59 Å². The van der Waals surface area contributed by atoms with Gasteiger partial charge in [0.25, 0.3) is 0 Å². The van der Waals surface area contributed by atoms with Crippen molar-refractivity contribution in [2.75, 3.05) is 19.3 Å². The highest BCUT2D eigenvalue weighted by molar-refractivity contribution is 7.99. The summed E-state index contributed by atoms with van der Waals surface area (Å²) in [4.78, 5) is 25.8. The van der Waals surface area contributed by atoms with E-state index < -0.39 is 0 Å². The molecule has 0 bridgehead atoms. The maximum absolute atomic E-state index is 12.3. The fraction of sp³-hybridized carbons (Fsp3) is 0.846. The minimum atomic E-state index is -0.357.